The van der Waals surface area contributed by atoms with Crippen molar-refractivity contribution < 1.29 is 9.59 Å². The van der Waals surface area contributed by atoms with E-state index in [0.29, 0.717) is 18.8 Å². The molecule has 0 aliphatic rings. The van der Waals surface area contributed by atoms with Gasteiger partial charge in [-0.2, -0.15) is 0 Å². The fourth-order valence-corrected chi connectivity index (χ4v) is 1.76. The fourth-order valence-electron chi connectivity index (χ4n) is 1.76. The summed E-state index contributed by atoms with van der Waals surface area (Å²) in [5.41, 5.74) is 1.33. The van der Waals surface area contributed by atoms with E-state index < -0.39 is 0 Å². The van der Waals surface area contributed by atoms with E-state index in [4.69, 9.17) is 0 Å². The molecule has 104 valence electrons. The number of para-hydroxylation sites is 1. The Balaban J connectivity index is 2.01. The van der Waals surface area contributed by atoms with Crippen LogP contribution in [0.25, 0.3) is 5.69 Å². The van der Waals surface area contributed by atoms with E-state index in [9.17, 15) is 9.59 Å². The fraction of sp³-hybridized carbons (Fsp3) is 0.214. The third-order valence-corrected chi connectivity index (χ3v) is 2.69. The quantitative estimate of drug-likeness (QED) is 0.788. The molecule has 2 amide bonds. The van der Waals surface area contributed by atoms with Crippen LogP contribution in [0.15, 0.2) is 42.9 Å². The summed E-state index contributed by atoms with van der Waals surface area (Å²) in [6.45, 7) is 2.21. The van der Waals surface area contributed by atoms with Gasteiger partial charge in [-0.1, -0.05) is 18.2 Å². The number of hydrogen-bond donors (Lipinski definition) is 2. The maximum Gasteiger partial charge on any atom is 0.269 e. The number of nitrogens with one attached hydrogen (secondary N) is 2. The second-order valence-electron chi connectivity index (χ2n) is 4.22. The summed E-state index contributed by atoms with van der Waals surface area (Å²) in [5.74, 6) is -0.342. The SMILES string of the molecule is CC(=O)NCCNC(=O)c1cncn1-c1ccccc1. The lowest BCUT2D eigenvalue weighted by Gasteiger charge is -2.09. The summed E-state index contributed by atoms with van der Waals surface area (Å²) in [6, 6.07) is 9.50. The Labute approximate surface area is 116 Å². The van der Waals surface area contributed by atoms with Crippen LogP contribution in [0.4, 0.5) is 0 Å². The van der Waals surface area contributed by atoms with Gasteiger partial charge in [0.2, 0.25) is 5.91 Å². The van der Waals surface area contributed by atoms with Crippen LogP contribution in [0.1, 0.15) is 17.4 Å². The molecule has 2 aromatic rings. The van der Waals surface area contributed by atoms with Gasteiger partial charge in [0.05, 0.1) is 12.5 Å². The molecule has 0 radical (unpaired) electrons. The Morgan fingerprint density at radius 2 is 1.85 bits per heavy atom. The van der Waals surface area contributed by atoms with Gasteiger partial charge in [0.15, 0.2) is 0 Å². The van der Waals surface area contributed by atoms with Crippen molar-refractivity contribution in [3.63, 3.8) is 0 Å². The largest absolute Gasteiger partial charge is 0.355 e. The first-order valence-corrected chi connectivity index (χ1v) is 6.29. The molecule has 0 atom stereocenters. The van der Waals surface area contributed by atoms with E-state index in [2.05, 4.69) is 15.6 Å². The third-order valence-electron chi connectivity index (χ3n) is 2.69. The highest BCUT2D eigenvalue weighted by Gasteiger charge is 2.12. The first-order chi connectivity index (χ1) is 9.68. The molecule has 2 rings (SSSR count). The molecule has 0 fully saturated rings. The number of rotatable bonds is 5. The number of hydrogen-bond acceptors (Lipinski definition) is 3. The van der Waals surface area contributed by atoms with E-state index >= 15 is 0 Å². The molecule has 0 unspecified atom stereocenters. The first kappa shape index (κ1) is 13.8. The lowest BCUT2D eigenvalue weighted by atomic mass is 10.3. The van der Waals surface area contributed by atoms with Crippen molar-refractivity contribution in [1.82, 2.24) is 20.2 Å². The Morgan fingerprint density at radius 3 is 2.55 bits per heavy atom. The smallest absolute Gasteiger partial charge is 0.269 e. The van der Waals surface area contributed by atoms with Crippen LogP contribution in [0.5, 0.6) is 0 Å². The summed E-state index contributed by atoms with van der Waals surface area (Å²) in [5, 5.41) is 5.35. The van der Waals surface area contributed by atoms with E-state index in [1.165, 1.54) is 13.1 Å². The van der Waals surface area contributed by atoms with E-state index in [1.807, 2.05) is 30.3 Å². The predicted octanol–water partition coefficient (Wildman–Crippen LogP) is 0.738. The van der Waals surface area contributed by atoms with Crippen LogP contribution in [0.2, 0.25) is 0 Å². The van der Waals surface area contributed by atoms with Crippen molar-refractivity contribution >= 4 is 11.8 Å². The third kappa shape index (κ3) is 3.44. The van der Waals surface area contributed by atoms with Gasteiger partial charge < -0.3 is 10.6 Å². The molecule has 0 spiro atoms. The second-order valence-corrected chi connectivity index (χ2v) is 4.22. The maximum atomic E-state index is 12.1. The van der Waals surface area contributed by atoms with Crippen molar-refractivity contribution in [3.8, 4) is 5.69 Å². The van der Waals surface area contributed by atoms with Crippen LogP contribution < -0.4 is 10.6 Å². The average molecular weight is 272 g/mol. The normalized spacial score (nSPS) is 10.1. The second kappa shape index (κ2) is 6.51. The molecule has 2 N–H and O–H groups in total. The monoisotopic (exact) mass is 272 g/mol. The van der Waals surface area contributed by atoms with Gasteiger partial charge in [-0.15, -0.1) is 0 Å². The number of imidazole rings is 1. The van der Waals surface area contributed by atoms with Crippen molar-refractivity contribution in [2.45, 2.75) is 6.92 Å². The molecule has 6 heteroatoms. The van der Waals surface area contributed by atoms with Crippen molar-refractivity contribution in [2.24, 2.45) is 0 Å². The number of carbonyl (C=O) groups is 2. The topological polar surface area (TPSA) is 76.0 Å². The Hall–Kier alpha value is -2.63. The Morgan fingerprint density at radius 1 is 1.15 bits per heavy atom. The molecule has 6 nitrogen and oxygen atoms in total. The molecule has 0 saturated heterocycles. The molecule has 1 aromatic heterocycles. The summed E-state index contributed by atoms with van der Waals surface area (Å²) >= 11 is 0. The number of carbonyl (C=O) groups excluding carboxylic acids is 2. The number of amides is 2. The van der Waals surface area contributed by atoms with Crippen LogP contribution in [-0.4, -0.2) is 34.5 Å². The average Bonchev–Trinajstić information content (AvgIpc) is 2.93. The molecule has 0 aliphatic heterocycles. The maximum absolute atomic E-state index is 12.1. The molecule has 0 aliphatic carbocycles. The van der Waals surface area contributed by atoms with Gasteiger partial charge in [-0.3, -0.25) is 14.2 Å². The van der Waals surface area contributed by atoms with E-state index in [0.717, 1.165) is 5.69 Å². The Kier molecular flexibility index (Phi) is 4.49. The van der Waals surface area contributed by atoms with Crippen molar-refractivity contribution in [1.29, 1.82) is 0 Å². The predicted molar refractivity (Wildman–Crippen MR) is 74.6 cm³/mol. The molecule has 0 saturated carbocycles. The zero-order chi connectivity index (χ0) is 14.4. The van der Waals surface area contributed by atoms with Gasteiger partial charge >= 0.3 is 0 Å². The number of aromatic nitrogens is 2. The van der Waals surface area contributed by atoms with Crippen LogP contribution in [0.3, 0.4) is 0 Å². The van der Waals surface area contributed by atoms with Gasteiger partial charge in [0.1, 0.15) is 5.69 Å². The number of benzene rings is 1. The van der Waals surface area contributed by atoms with Gasteiger partial charge in [0.25, 0.3) is 5.91 Å². The highest BCUT2D eigenvalue weighted by Crippen LogP contribution is 2.10. The highest BCUT2D eigenvalue weighted by atomic mass is 16.2. The minimum absolute atomic E-state index is 0.117. The standard InChI is InChI=1S/C14H16N4O2/c1-11(19)16-7-8-17-14(20)13-9-15-10-18(13)12-5-3-2-4-6-12/h2-6,9-10H,7-8H2,1H3,(H,16,19)(H,17,20). The summed E-state index contributed by atoms with van der Waals surface area (Å²) in [7, 11) is 0. The van der Waals surface area contributed by atoms with E-state index in [1.54, 1.807) is 10.9 Å². The minimum atomic E-state index is -0.225. The summed E-state index contributed by atoms with van der Waals surface area (Å²) in [4.78, 5) is 26.8. The van der Waals surface area contributed by atoms with Crippen LogP contribution in [0, 0.1) is 0 Å². The molecule has 1 aromatic carbocycles. The van der Waals surface area contributed by atoms with Gasteiger partial charge in [-0.25, -0.2) is 4.98 Å². The molecular formula is C14H16N4O2. The molecule has 0 bridgehead atoms. The zero-order valence-corrected chi connectivity index (χ0v) is 11.2. The molecule has 20 heavy (non-hydrogen) atoms. The zero-order valence-electron chi connectivity index (χ0n) is 11.2. The molecular weight excluding hydrogens is 256 g/mol. The molecule has 1 heterocycles. The van der Waals surface area contributed by atoms with Crippen molar-refractivity contribution in [3.05, 3.63) is 48.5 Å². The van der Waals surface area contributed by atoms with Crippen LogP contribution >= 0.6 is 0 Å². The van der Waals surface area contributed by atoms with Gasteiger partial charge in [-0.05, 0) is 12.1 Å². The van der Waals surface area contributed by atoms with Gasteiger partial charge in [0, 0.05) is 25.7 Å². The highest BCUT2D eigenvalue weighted by molar-refractivity contribution is 5.93. The lowest BCUT2D eigenvalue weighted by Crippen LogP contribution is -2.34. The number of nitrogens with zero attached hydrogens (tertiary/aromatic N) is 2. The van der Waals surface area contributed by atoms with Crippen molar-refractivity contribution in [2.75, 3.05) is 13.1 Å². The Bertz CT molecular complexity index is 592. The summed E-state index contributed by atoms with van der Waals surface area (Å²) < 4.78 is 1.72. The van der Waals surface area contributed by atoms with E-state index in [-0.39, 0.29) is 11.8 Å². The minimum Gasteiger partial charge on any atom is -0.355 e. The summed E-state index contributed by atoms with van der Waals surface area (Å²) in [6.07, 6.45) is 3.11. The lowest BCUT2D eigenvalue weighted by molar-refractivity contribution is -0.118. The first-order valence-electron chi connectivity index (χ1n) is 6.29. The van der Waals surface area contributed by atoms with Crippen LogP contribution in [-0.2, 0) is 4.79 Å².